The normalized spacial score (nSPS) is 12.3. The Balaban J connectivity index is 2.82. The first-order valence-electron chi connectivity index (χ1n) is 5.96. The largest absolute Gasteiger partial charge is 0.349 e. The van der Waals surface area contributed by atoms with E-state index in [1.165, 1.54) is 0 Å². The van der Waals surface area contributed by atoms with E-state index in [2.05, 4.69) is 31.5 Å². The Morgan fingerprint density at radius 3 is 2.53 bits per heavy atom. The minimum absolute atomic E-state index is 0.0842. The fourth-order valence-corrected chi connectivity index (χ4v) is 1.79. The van der Waals surface area contributed by atoms with Crippen molar-refractivity contribution in [3.05, 3.63) is 29.8 Å². The van der Waals surface area contributed by atoms with E-state index in [-0.39, 0.29) is 11.9 Å². The molecule has 0 bridgehead atoms. The summed E-state index contributed by atoms with van der Waals surface area (Å²) in [5.41, 5.74) is 3.76. The molecule has 0 aliphatic heterocycles. The summed E-state index contributed by atoms with van der Waals surface area (Å²) in [5.74, 6) is 5.72. The van der Waals surface area contributed by atoms with Crippen molar-refractivity contribution in [3.63, 3.8) is 0 Å². The van der Waals surface area contributed by atoms with Crippen LogP contribution in [-0.2, 0) is 0 Å². The molecule has 0 saturated carbocycles. The highest BCUT2D eigenvalue weighted by Gasteiger charge is 2.16. The van der Waals surface area contributed by atoms with Gasteiger partial charge in [-0.2, -0.15) is 0 Å². The van der Waals surface area contributed by atoms with Crippen LogP contribution in [0.15, 0.2) is 24.3 Å². The Bertz CT molecular complexity index is 377. The molecule has 0 aliphatic rings. The van der Waals surface area contributed by atoms with Gasteiger partial charge in [0.25, 0.3) is 5.91 Å². The zero-order valence-corrected chi connectivity index (χ0v) is 10.7. The van der Waals surface area contributed by atoms with Crippen LogP contribution in [0.4, 0.5) is 5.69 Å². The zero-order chi connectivity index (χ0) is 12.8. The molecule has 0 aliphatic carbocycles. The minimum atomic E-state index is -0.0842. The predicted octanol–water partition coefficient (Wildman–Crippen LogP) is 2.14. The van der Waals surface area contributed by atoms with Gasteiger partial charge in [0.1, 0.15) is 0 Å². The lowest BCUT2D eigenvalue weighted by atomic mass is 10.0. The van der Waals surface area contributed by atoms with Crippen molar-refractivity contribution in [3.8, 4) is 0 Å². The van der Waals surface area contributed by atoms with Crippen molar-refractivity contribution < 1.29 is 4.79 Å². The second-order valence-corrected chi connectivity index (χ2v) is 4.42. The number of carbonyl (C=O) groups is 1. The van der Waals surface area contributed by atoms with E-state index in [0.717, 1.165) is 6.42 Å². The summed E-state index contributed by atoms with van der Waals surface area (Å²) >= 11 is 0. The van der Waals surface area contributed by atoms with E-state index in [1.807, 2.05) is 12.1 Å². The molecule has 1 aromatic carbocycles. The van der Waals surface area contributed by atoms with Gasteiger partial charge in [0, 0.05) is 6.04 Å². The standard InChI is InChI=1S/C13H21N3O/c1-4-11(9(2)3)15-13(17)10-7-5-6-8-12(10)16-14/h5-9,11,16H,4,14H2,1-3H3,(H,15,17). The first-order chi connectivity index (χ1) is 8.10. The molecule has 0 aromatic heterocycles. The monoisotopic (exact) mass is 235 g/mol. The molecule has 1 amide bonds. The van der Waals surface area contributed by atoms with Crippen LogP contribution in [0.25, 0.3) is 0 Å². The van der Waals surface area contributed by atoms with E-state index in [1.54, 1.807) is 12.1 Å². The molecule has 4 N–H and O–H groups in total. The minimum Gasteiger partial charge on any atom is -0.349 e. The highest BCUT2D eigenvalue weighted by atomic mass is 16.1. The van der Waals surface area contributed by atoms with Gasteiger partial charge in [0.15, 0.2) is 0 Å². The van der Waals surface area contributed by atoms with Crippen LogP contribution >= 0.6 is 0 Å². The molecule has 0 radical (unpaired) electrons. The van der Waals surface area contributed by atoms with Gasteiger partial charge < -0.3 is 10.7 Å². The van der Waals surface area contributed by atoms with Gasteiger partial charge in [-0.15, -0.1) is 0 Å². The Labute approximate surface area is 103 Å². The summed E-state index contributed by atoms with van der Waals surface area (Å²) < 4.78 is 0. The molecule has 94 valence electrons. The van der Waals surface area contributed by atoms with Gasteiger partial charge in [-0.1, -0.05) is 32.9 Å². The average Bonchev–Trinajstić information content (AvgIpc) is 2.35. The first kappa shape index (κ1) is 13.5. The number of nitrogen functional groups attached to an aromatic ring is 1. The maximum atomic E-state index is 12.1. The third-order valence-corrected chi connectivity index (χ3v) is 2.89. The summed E-state index contributed by atoms with van der Waals surface area (Å²) in [7, 11) is 0. The van der Waals surface area contributed by atoms with Gasteiger partial charge in [-0.05, 0) is 24.5 Å². The second-order valence-electron chi connectivity index (χ2n) is 4.42. The summed E-state index contributed by atoms with van der Waals surface area (Å²) in [4.78, 5) is 12.1. The Kier molecular flexibility index (Phi) is 4.97. The fraction of sp³-hybridized carbons (Fsp3) is 0.462. The number of anilines is 1. The smallest absolute Gasteiger partial charge is 0.253 e. The molecule has 1 atom stereocenters. The number of nitrogens with two attached hydrogens (primary N) is 1. The number of para-hydroxylation sites is 1. The molecule has 0 saturated heterocycles. The van der Waals surface area contributed by atoms with E-state index < -0.39 is 0 Å². The van der Waals surface area contributed by atoms with Crippen molar-refractivity contribution in [1.29, 1.82) is 0 Å². The third kappa shape index (κ3) is 3.46. The van der Waals surface area contributed by atoms with Crippen LogP contribution in [0.1, 0.15) is 37.6 Å². The number of amides is 1. The van der Waals surface area contributed by atoms with Gasteiger partial charge in [0.05, 0.1) is 11.3 Å². The van der Waals surface area contributed by atoms with E-state index in [9.17, 15) is 4.79 Å². The maximum absolute atomic E-state index is 12.1. The number of nitrogens with one attached hydrogen (secondary N) is 2. The van der Waals surface area contributed by atoms with Gasteiger partial charge in [0.2, 0.25) is 0 Å². The summed E-state index contributed by atoms with van der Waals surface area (Å²) in [6.45, 7) is 6.26. The molecule has 0 fully saturated rings. The van der Waals surface area contributed by atoms with E-state index in [0.29, 0.717) is 17.2 Å². The molecule has 1 aromatic rings. The molecular formula is C13H21N3O. The number of hydrogen-bond acceptors (Lipinski definition) is 3. The highest BCUT2D eigenvalue weighted by molar-refractivity contribution is 5.99. The van der Waals surface area contributed by atoms with Crippen LogP contribution in [0, 0.1) is 5.92 Å². The highest BCUT2D eigenvalue weighted by Crippen LogP contribution is 2.14. The molecule has 1 rings (SSSR count). The summed E-state index contributed by atoms with van der Waals surface area (Å²) in [6, 6.07) is 7.40. The summed E-state index contributed by atoms with van der Waals surface area (Å²) in [6.07, 6.45) is 0.918. The molecule has 17 heavy (non-hydrogen) atoms. The Hall–Kier alpha value is -1.55. The summed E-state index contributed by atoms with van der Waals surface area (Å²) in [5, 5.41) is 3.02. The van der Waals surface area contributed by atoms with Gasteiger partial charge >= 0.3 is 0 Å². The quantitative estimate of drug-likeness (QED) is 0.541. The number of rotatable bonds is 5. The first-order valence-corrected chi connectivity index (χ1v) is 5.96. The lowest BCUT2D eigenvalue weighted by Crippen LogP contribution is -2.38. The lowest BCUT2D eigenvalue weighted by molar-refractivity contribution is 0.0925. The second kappa shape index (κ2) is 6.25. The molecule has 4 nitrogen and oxygen atoms in total. The van der Waals surface area contributed by atoms with Crippen LogP contribution in [0.5, 0.6) is 0 Å². The van der Waals surface area contributed by atoms with Crippen LogP contribution in [-0.4, -0.2) is 11.9 Å². The van der Waals surface area contributed by atoms with Crippen molar-refractivity contribution in [2.75, 3.05) is 5.43 Å². The number of hydrogen-bond donors (Lipinski definition) is 3. The maximum Gasteiger partial charge on any atom is 0.253 e. The van der Waals surface area contributed by atoms with Crippen LogP contribution in [0.3, 0.4) is 0 Å². The zero-order valence-electron chi connectivity index (χ0n) is 10.7. The van der Waals surface area contributed by atoms with E-state index in [4.69, 9.17) is 5.84 Å². The van der Waals surface area contributed by atoms with Crippen molar-refractivity contribution >= 4 is 11.6 Å². The number of carbonyl (C=O) groups excluding carboxylic acids is 1. The van der Waals surface area contributed by atoms with E-state index >= 15 is 0 Å². The SMILES string of the molecule is CCC(NC(=O)c1ccccc1NN)C(C)C. The number of hydrazine groups is 1. The Morgan fingerprint density at radius 2 is 2.00 bits per heavy atom. The van der Waals surface area contributed by atoms with Crippen molar-refractivity contribution in [2.24, 2.45) is 11.8 Å². The van der Waals surface area contributed by atoms with Gasteiger partial charge in [-0.25, -0.2) is 0 Å². The topological polar surface area (TPSA) is 67.2 Å². The molecule has 4 heteroatoms. The molecular weight excluding hydrogens is 214 g/mol. The van der Waals surface area contributed by atoms with Crippen LogP contribution in [0.2, 0.25) is 0 Å². The third-order valence-electron chi connectivity index (χ3n) is 2.89. The number of benzene rings is 1. The van der Waals surface area contributed by atoms with Crippen LogP contribution < -0.4 is 16.6 Å². The Morgan fingerprint density at radius 1 is 1.35 bits per heavy atom. The average molecular weight is 235 g/mol. The molecule has 0 heterocycles. The molecule has 0 spiro atoms. The predicted molar refractivity (Wildman–Crippen MR) is 70.6 cm³/mol. The van der Waals surface area contributed by atoms with Crippen molar-refractivity contribution in [2.45, 2.75) is 33.2 Å². The van der Waals surface area contributed by atoms with Crippen molar-refractivity contribution in [1.82, 2.24) is 5.32 Å². The van der Waals surface area contributed by atoms with Gasteiger partial charge in [-0.3, -0.25) is 10.6 Å². The lowest BCUT2D eigenvalue weighted by Gasteiger charge is -2.21. The molecule has 1 unspecified atom stereocenters. The fourth-order valence-electron chi connectivity index (χ4n) is 1.79.